The molecule has 6 rings (SSSR count). The average molecular weight is 682 g/mol. The van der Waals surface area contributed by atoms with Crippen molar-refractivity contribution in [3.63, 3.8) is 0 Å². The smallest absolute Gasteiger partial charge is 0.0652 e. The van der Waals surface area contributed by atoms with Crippen LogP contribution in [0, 0.1) is 0 Å². The highest BCUT2D eigenvalue weighted by Crippen LogP contribution is 2.76. The third kappa shape index (κ3) is 6.65. The Bertz CT molecular complexity index is 1520. The van der Waals surface area contributed by atoms with Crippen molar-refractivity contribution in [2.45, 2.75) is 39.5 Å². The number of hydrogen-bond donors (Lipinski definition) is 0. The monoisotopic (exact) mass is 681 g/mol. The summed E-state index contributed by atoms with van der Waals surface area (Å²) in [5.74, 6) is 0. The summed E-state index contributed by atoms with van der Waals surface area (Å²) < 4.78 is 1.83. The van der Waals surface area contributed by atoms with Crippen LogP contribution in [0.5, 0.6) is 0 Å². The van der Waals surface area contributed by atoms with Gasteiger partial charge in [0.05, 0.1) is 0 Å². The molecule has 0 saturated carbocycles. The van der Waals surface area contributed by atoms with Crippen LogP contribution in [0.4, 0.5) is 0 Å². The molecular formula is C45H48P3+3. The van der Waals surface area contributed by atoms with E-state index in [1.165, 1.54) is 69.8 Å². The highest BCUT2D eigenvalue weighted by atomic mass is 31.3. The van der Waals surface area contributed by atoms with Crippen molar-refractivity contribution in [1.29, 1.82) is 0 Å². The lowest BCUT2D eigenvalue weighted by atomic mass is 10.4. The molecule has 0 aliphatic carbocycles. The summed E-state index contributed by atoms with van der Waals surface area (Å²) in [6.07, 6.45) is 7.41. The number of benzene rings is 6. The van der Waals surface area contributed by atoms with Crippen LogP contribution in [0.1, 0.15) is 39.5 Å². The van der Waals surface area contributed by atoms with Gasteiger partial charge in [0.2, 0.25) is 14.5 Å². The molecule has 240 valence electrons. The van der Waals surface area contributed by atoms with E-state index in [9.17, 15) is 0 Å². The molecular weight excluding hydrogens is 633 g/mol. The number of rotatable bonds is 14. The Kier molecular flexibility index (Phi) is 11.9. The van der Waals surface area contributed by atoms with Crippen LogP contribution in [0.2, 0.25) is 0 Å². The SMILES string of the molecule is CCCC[P+](CCCC)=C([P+](c1ccccc1)(c1ccccc1)c1ccccc1)[P+](c1ccccc1)(c1ccccc1)c1ccccc1. The van der Waals surface area contributed by atoms with Crippen LogP contribution in [0.25, 0.3) is 0 Å². The van der Waals surface area contributed by atoms with E-state index in [2.05, 4.69) is 196 Å². The summed E-state index contributed by atoms with van der Waals surface area (Å²) >= 11 is 0. The first kappa shape index (κ1) is 34.2. The van der Waals surface area contributed by atoms with Crippen molar-refractivity contribution in [3.8, 4) is 0 Å². The third-order valence-corrected chi connectivity index (χ3v) is 24.5. The summed E-state index contributed by atoms with van der Waals surface area (Å²) in [4.78, 5) is 0. The van der Waals surface area contributed by atoms with E-state index in [1.54, 1.807) is 0 Å². The quantitative estimate of drug-likeness (QED) is 0.100. The van der Waals surface area contributed by atoms with Gasteiger partial charge in [-0.15, -0.1) is 0 Å². The lowest BCUT2D eigenvalue weighted by Gasteiger charge is -2.33. The first-order chi connectivity index (χ1) is 23.8. The van der Waals surface area contributed by atoms with Crippen molar-refractivity contribution in [2.75, 3.05) is 12.3 Å². The van der Waals surface area contributed by atoms with Gasteiger partial charge in [-0.3, -0.25) is 0 Å². The lowest BCUT2D eigenvalue weighted by molar-refractivity contribution is 0.873. The molecule has 0 unspecified atom stereocenters. The van der Waals surface area contributed by atoms with Gasteiger partial charge in [-0.25, -0.2) is 0 Å². The molecule has 0 saturated heterocycles. The molecule has 0 nitrogen and oxygen atoms in total. The fourth-order valence-corrected chi connectivity index (χ4v) is 26.6. The normalized spacial score (nSPS) is 11.6. The molecule has 3 heteroatoms. The van der Waals surface area contributed by atoms with E-state index in [-0.39, 0.29) is 0 Å². The van der Waals surface area contributed by atoms with E-state index in [4.69, 9.17) is 0 Å². The second-order valence-electron chi connectivity index (χ2n) is 12.3. The largest absolute Gasteiger partial charge is 0.380 e. The Balaban J connectivity index is 1.96. The number of hydrogen-bond acceptors (Lipinski definition) is 0. The van der Waals surface area contributed by atoms with Crippen LogP contribution in [-0.2, 0) is 0 Å². The van der Waals surface area contributed by atoms with E-state index in [0.717, 1.165) is 0 Å². The van der Waals surface area contributed by atoms with Gasteiger partial charge in [-0.2, -0.15) is 0 Å². The third-order valence-electron chi connectivity index (χ3n) is 9.31. The highest BCUT2D eigenvalue weighted by molar-refractivity contribution is 8.36. The minimum absolute atomic E-state index is 0.538. The van der Waals surface area contributed by atoms with Crippen molar-refractivity contribution in [1.82, 2.24) is 0 Å². The second-order valence-corrected chi connectivity index (χ2v) is 22.5. The minimum Gasteiger partial charge on any atom is -0.0652 e. The molecule has 48 heavy (non-hydrogen) atoms. The molecule has 0 aliphatic rings. The van der Waals surface area contributed by atoms with Crippen molar-refractivity contribution >= 4 is 58.7 Å². The standard InChI is InChI=1S/C45H48P3/c1-3-5-37-46(38-6-4-2)45(47(39-25-13-7-14-26-39,40-27-15-8-16-28-40)41-29-17-9-18-30-41)48(42-31-19-10-20-32-42,43-33-21-11-22-34-43)44-35-23-12-24-36-44/h7-36H,3-6,37-38H2,1-2H3/q+3. The molecule has 6 aromatic carbocycles. The fourth-order valence-electron chi connectivity index (χ4n) is 7.16. The molecule has 6 aromatic rings. The predicted molar refractivity (Wildman–Crippen MR) is 222 cm³/mol. The first-order valence-corrected chi connectivity index (χ1v) is 22.8. The molecule has 0 heterocycles. The summed E-state index contributed by atoms with van der Waals surface area (Å²) in [7, 11) is -5.38. The van der Waals surface area contributed by atoms with Gasteiger partial charge in [-0.05, 0) is 85.6 Å². The van der Waals surface area contributed by atoms with Gasteiger partial charge in [0.1, 0.15) is 44.2 Å². The lowest BCUT2D eigenvalue weighted by Crippen LogP contribution is -2.44. The maximum Gasteiger partial charge on any atom is 0.380 e. The molecule has 0 spiro atoms. The molecule has 0 bridgehead atoms. The Morgan fingerprint density at radius 2 is 0.562 bits per heavy atom. The average Bonchev–Trinajstić information content (AvgIpc) is 3.18. The van der Waals surface area contributed by atoms with Gasteiger partial charge >= 0.3 is 4.78 Å². The number of unbranched alkanes of at least 4 members (excludes halogenated alkanes) is 2. The van der Waals surface area contributed by atoms with Gasteiger partial charge in [0.15, 0.2) is 7.55 Å². The van der Waals surface area contributed by atoms with Crippen molar-refractivity contribution in [2.24, 2.45) is 0 Å². The maximum absolute atomic E-state index is 2.45. The van der Waals surface area contributed by atoms with E-state index in [1.807, 2.05) is 4.78 Å². The van der Waals surface area contributed by atoms with Gasteiger partial charge in [0.25, 0.3) is 0 Å². The summed E-state index contributed by atoms with van der Waals surface area (Å²) in [5, 5.41) is 8.78. The zero-order valence-electron chi connectivity index (χ0n) is 28.4. The predicted octanol–water partition coefficient (Wildman–Crippen LogP) is 10.1. The van der Waals surface area contributed by atoms with Crippen LogP contribution < -0.4 is 31.8 Å². The van der Waals surface area contributed by atoms with E-state index >= 15 is 0 Å². The Labute approximate surface area is 291 Å². The van der Waals surface area contributed by atoms with Gasteiger partial charge in [0, 0.05) is 0 Å². The maximum atomic E-state index is 2.45. The Morgan fingerprint density at radius 1 is 0.354 bits per heavy atom. The molecule has 0 fully saturated rings. The summed E-state index contributed by atoms with van der Waals surface area (Å²) in [5.41, 5.74) is 0. The van der Waals surface area contributed by atoms with Gasteiger partial charge < -0.3 is 0 Å². The summed E-state index contributed by atoms with van der Waals surface area (Å²) in [6.45, 7) is 4.74. The minimum atomic E-state index is -2.42. The van der Waals surface area contributed by atoms with E-state index < -0.39 is 22.1 Å². The Morgan fingerprint density at radius 3 is 0.750 bits per heavy atom. The zero-order chi connectivity index (χ0) is 33.1. The molecule has 0 radical (unpaired) electrons. The van der Waals surface area contributed by atoms with Crippen LogP contribution in [-0.4, -0.2) is 17.1 Å². The molecule has 0 amide bonds. The van der Waals surface area contributed by atoms with E-state index in [0.29, 0.717) is 0 Å². The summed E-state index contributed by atoms with van der Waals surface area (Å²) in [6, 6.07) is 70.0. The van der Waals surface area contributed by atoms with Crippen LogP contribution in [0.15, 0.2) is 182 Å². The molecule has 0 N–H and O–H groups in total. The van der Waals surface area contributed by atoms with Crippen LogP contribution in [0.3, 0.4) is 0 Å². The van der Waals surface area contributed by atoms with Crippen molar-refractivity contribution < 1.29 is 0 Å². The topological polar surface area (TPSA) is 0 Å². The Hall–Kier alpha value is -3.65. The molecule has 0 aromatic heterocycles. The van der Waals surface area contributed by atoms with Crippen LogP contribution >= 0.6 is 22.1 Å². The second kappa shape index (κ2) is 16.6. The molecule has 0 aliphatic heterocycles. The molecule has 0 atom stereocenters. The van der Waals surface area contributed by atoms with Gasteiger partial charge in [-0.1, -0.05) is 136 Å². The fraction of sp³-hybridized carbons (Fsp3) is 0.178. The van der Waals surface area contributed by atoms with Crippen molar-refractivity contribution in [3.05, 3.63) is 182 Å². The first-order valence-electron chi connectivity index (χ1n) is 17.5. The highest BCUT2D eigenvalue weighted by Gasteiger charge is 2.72. The zero-order valence-corrected chi connectivity index (χ0v) is 31.1.